The summed E-state index contributed by atoms with van der Waals surface area (Å²) in [7, 11) is 0. The van der Waals surface area contributed by atoms with Crippen molar-refractivity contribution < 1.29 is 27.5 Å². The standard InChI is InChI=1S/C11H14F3NO3/c1-11(2,3)18-10(17)15-8-6(13)4(9(15)16)5(12)7(8)14/h4-8H,1-3H3/t4-,5+,6+,7+,8-/m0/s1. The fourth-order valence-corrected chi connectivity index (χ4v) is 2.34. The van der Waals surface area contributed by atoms with E-state index in [1.54, 1.807) is 20.8 Å². The molecule has 102 valence electrons. The van der Waals surface area contributed by atoms with Gasteiger partial charge in [-0.3, -0.25) is 4.79 Å². The molecular formula is C11H14F3NO3. The normalized spacial score (nSPS) is 39.3. The van der Waals surface area contributed by atoms with E-state index in [9.17, 15) is 22.8 Å². The zero-order valence-corrected chi connectivity index (χ0v) is 10.2. The predicted molar refractivity (Wildman–Crippen MR) is 55.0 cm³/mol. The van der Waals surface area contributed by atoms with Crippen molar-refractivity contribution in [1.82, 2.24) is 4.90 Å². The number of amides is 2. The molecule has 0 aromatic carbocycles. The van der Waals surface area contributed by atoms with Crippen LogP contribution < -0.4 is 0 Å². The van der Waals surface area contributed by atoms with Crippen LogP contribution in [0.1, 0.15) is 20.8 Å². The molecule has 2 aliphatic rings. The Balaban J connectivity index is 2.22. The molecule has 1 aliphatic carbocycles. The SMILES string of the molecule is CC(C)(C)OC(=O)N1C(=O)[C@@H]2[C@@H](F)[C@H]1[C@H](F)[C@@H]2F. The quantitative estimate of drug-likeness (QED) is 0.670. The Bertz CT molecular complexity index is 395. The van der Waals surface area contributed by atoms with Gasteiger partial charge in [-0.05, 0) is 20.8 Å². The lowest BCUT2D eigenvalue weighted by Crippen LogP contribution is -2.52. The zero-order valence-electron chi connectivity index (χ0n) is 10.2. The van der Waals surface area contributed by atoms with Crippen molar-refractivity contribution >= 4 is 12.0 Å². The van der Waals surface area contributed by atoms with E-state index in [1.165, 1.54) is 0 Å². The lowest BCUT2D eigenvalue weighted by Gasteiger charge is -2.30. The highest BCUT2D eigenvalue weighted by Gasteiger charge is 2.67. The summed E-state index contributed by atoms with van der Waals surface area (Å²) in [5.41, 5.74) is -0.897. The second-order valence-electron chi connectivity index (χ2n) is 5.54. The zero-order chi connectivity index (χ0) is 13.8. The van der Waals surface area contributed by atoms with Gasteiger partial charge in [0.05, 0.1) is 0 Å². The molecular weight excluding hydrogens is 251 g/mol. The summed E-state index contributed by atoms with van der Waals surface area (Å²) in [5.74, 6) is -2.76. The van der Waals surface area contributed by atoms with Gasteiger partial charge in [-0.15, -0.1) is 0 Å². The van der Waals surface area contributed by atoms with Crippen molar-refractivity contribution in [2.45, 2.75) is 50.9 Å². The molecule has 2 rings (SSSR count). The van der Waals surface area contributed by atoms with E-state index < -0.39 is 48.1 Å². The van der Waals surface area contributed by atoms with Crippen LogP contribution in [-0.2, 0) is 9.53 Å². The molecule has 18 heavy (non-hydrogen) atoms. The molecule has 0 aromatic rings. The number of alkyl halides is 3. The Morgan fingerprint density at radius 2 is 1.72 bits per heavy atom. The summed E-state index contributed by atoms with van der Waals surface area (Å²) in [6, 6.07) is -1.70. The second kappa shape index (κ2) is 3.86. The van der Waals surface area contributed by atoms with Crippen LogP contribution >= 0.6 is 0 Å². The Kier molecular flexibility index (Phi) is 2.82. The highest BCUT2D eigenvalue weighted by atomic mass is 19.2. The summed E-state index contributed by atoms with van der Waals surface area (Å²) < 4.78 is 45.2. The number of carbonyl (C=O) groups is 2. The first kappa shape index (κ1) is 13.2. The Labute approximate surface area is 102 Å². The molecule has 0 aromatic heterocycles. The molecule has 2 amide bonds. The number of ether oxygens (including phenoxy) is 1. The van der Waals surface area contributed by atoms with E-state index in [1.807, 2.05) is 0 Å². The molecule has 1 heterocycles. The summed E-state index contributed by atoms with van der Waals surface area (Å²) in [4.78, 5) is 23.7. The van der Waals surface area contributed by atoms with Crippen molar-refractivity contribution in [3.63, 3.8) is 0 Å². The van der Waals surface area contributed by atoms with Crippen molar-refractivity contribution in [3.8, 4) is 0 Å². The van der Waals surface area contributed by atoms with E-state index in [0.29, 0.717) is 4.90 Å². The molecule has 4 nitrogen and oxygen atoms in total. The lowest BCUT2D eigenvalue weighted by molar-refractivity contribution is -0.138. The van der Waals surface area contributed by atoms with Crippen LogP contribution in [0, 0.1) is 5.92 Å². The fraction of sp³-hybridized carbons (Fsp3) is 0.818. The summed E-state index contributed by atoms with van der Waals surface area (Å²) in [6.45, 7) is 4.67. The smallest absolute Gasteiger partial charge is 0.417 e. The third kappa shape index (κ3) is 1.76. The first-order valence-electron chi connectivity index (χ1n) is 5.63. The third-order valence-electron chi connectivity index (χ3n) is 3.05. The van der Waals surface area contributed by atoms with Crippen molar-refractivity contribution in [3.05, 3.63) is 0 Å². The van der Waals surface area contributed by atoms with Crippen molar-refractivity contribution in [2.75, 3.05) is 0 Å². The van der Waals surface area contributed by atoms with Gasteiger partial charge in [0, 0.05) is 0 Å². The second-order valence-corrected chi connectivity index (χ2v) is 5.54. The number of carbonyl (C=O) groups excluding carboxylic acids is 2. The van der Waals surface area contributed by atoms with Gasteiger partial charge in [-0.1, -0.05) is 0 Å². The van der Waals surface area contributed by atoms with Gasteiger partial charge in [0.25, 0.3) is 0 Å². The molecule has 2 fully saturated rings. The Hall–Kier alpha value is -1.27. The van der Waals surface area contributed by atoms with E-state index in [4.69, 9.17) is 4.74 Å². The molecule has 1 aliphatic heterocycles. The van der Waals surface area contributed by atoms with Gasteiger partial charge in [-0.25, -0.2) is 22.9 Å². The van der Waals surface area contributed by atoms with E-state index >= 15 is 0 Å². The average Bonchev–Trinajstić information content (AvgIpc) is 2.55. The van der Waals surface area contributed by atoms with Gasteiger partial charge in [0.1, 0.15) is 29.9 Å². The predicted octanol–water partition coefficient (Wildman–Crippen LogP) is 1.78. The monoisotopic (exact) mass is 265 g/mol. The van der Waals surface area contributed by atoms with Crippen molar-refractivity contribution in [2.24, 2.45) is 5.92 Å². The van der Waals surface area contributed by atoms with Crippen LogP contribution in [0.5, 0.6) is 0 Å². The minimum absolute atomic E-state index is 0.376. The topological polar surface area (TPSA) is 46.6 Å². The average molecular weight is 265 g/mol. The van der Waals surface area contributed by atoms with Crippen LogP contribution in [0.4, 0.5) is 18.0 Å². The van der Waals surface area contributed by atoms with Crippen LogP contribution in [0.2, 0.25) is 0 Å². The highest BCUT2D eigenvalue weighted by molar-refractivity contribution is 5.98. The first-order chi connectivity index (χ1) is 8.15. The van der Waals surface area contributed by atoms with Gasteiger partial charge >= 0.3 is 6.09 Å². The number of halogens is 3. The van der Waals surface area contributed by atoms with Crippen LogP contribution in [0.3, 0.4) is 0 Å². The highest BCUT2D eigenvalue weighted by Crippen LogP contribution is 2.45. The number of fused-ring (bicyclic) bond motifs is 2. The van der Waals surface area contributed by atoms with Gasteiger partial charge in [0.15, 0.2) is 6.17 Å². The van der Waals surface area contributed by atoms with Gasteiger partial charge in [0.2, 0.25) is 5.91 Å². The Morgan fingerprint density at radius 3 is 2.17 bits per heavy atom. The minimum atomic E-state index is -2.18. The van der Waals surface area contributed by atoms with Gasteiger partial charge < -0.3 is 4.74 Å². The number of nitrogens with zero attached hydrogens (tertiary/aromatic N) is 1. The molecule has 1 saturated carbocycles. The van der Waals surface area contributed by atoms with E-state index in [2.05, 4.69) is 0 Å². The lowest BCUT2D eigenvalue weighted by atomic mass is 10.1. The first-order valence-corrected chi connectivity index (χ1v) is 5.63. The largest absolute Gasteiger partial charge is 0.443 e. The third-order valence-corrected chi connectivity index (χ3v) is 3.05. The van der Waals surface area contributed by atoms with E-state index in [0.717, 1.165) is 0 Å². The Morgan fingerprint density at radius 1 is 1.17 bits per heavy atom. The fourth-order valence-electron chi connectivity index (χ4n) is 2.34. The number of hydrogen-bond donors (Lipinski definition) is 0. The van der Waals surface area contributed by atoms with Crippen molar-refractivity contribution in [1.29, 1.82) is 0 Å². The summed E-state index contributed by atoms with van der Waals surface area (Å²) >= 11 is 0. The molecule has 5 atom stereocenters. The number of hydrogen-bond acceptors (Lipinski definition) is 3. The maximum Gasteiger partial charge on any atom is 0.417 e. The molecule has 1 saturated heterocycles. The number of imide groups is 1. The minimum Gasteiger partial charge on any atom is -0.443 e. The van der Waals surface area contributed by atoms with Crippen LogP contribution in [-0.4, -0.2) is 47.1 Å². The summed E-state index contributed by atoms with van der Waals surface area (Å²) in [6.07, 6.45) is -7.50. The molecule has 7 heteroatoms. The van der Waals surface area contributed by atoms with E-state index in [-0.39, 0.29) is 0 Å². The number of piperidine rings is 1. The molecule has 0 unspecified atom stereocenters. The summed E-state index contributed by atoms with van der Waals surface area (Å²) in [5, 5.41) is 0. The molecule has 2 bridgehead atoms. The van der Waals surface area contributed by atoms with Crippen LogP contribution in [0.25, 0.3) is 0 Å². The molecule has 0 N–H and O–H groups in total. The number of likely N-dealkylation sites (tertiary alicyclic amines) is 1. The van der Waals surface area contributed by atoms with Crippen LogP contribution in [0.15, 0.2) is 0 Å². The number of rotatable bonds is 0. The molecule has 0 spiro atoms. The maximum absolute atomic E-state index is 13.6. The maximum atomic E-state index is 13.6. The van der Waals surface area contributed by atoms with Gasteiger partial charge in [-0.2, -0.15) is 0 Å². The molecule has 0 radical (unpaired) electrons.